The molecule has 2 aromatic heterocycles. The van der Waals surface area contributed by atoms with E-state index in [0.717, 1.165) is 16.8 Å². The van der Waals surface area contributed by atoms with Crippen LogP contribution in [0.1, 0.15) is 6.42 Å². The molecule has 3 rings (SSSR count). The molecule has 1 aliphatic heterocycles. The van der Waals surface area contributed by atoms with Crippen LogP contribution in [0.5, 0.6) is 0 Å². The van der Waals surface area contributed by atoms with E-state index >= 15 is 0 Å². The van der Waals surface area contributed by atoms with Gasteiger partial charge in [-0.1, -0.05) is 0 Å². The summed E-state index contributed by atoms with van der Waals surface area (Å²) in [5.74, 6) is 0.733. The van der Waals surface area contributed by atoms with Crippen molar-refractivity contribution in [3.63, 3.8) is 0 Å². The molecule has 0 aromatic carbocycles. The van der Waals surface area contributed by atoms with E-state index in [2.05, 4.69) is 10.3 Å². The minimum absolute atomic E-state index is 0.376. The number of furan rings is 1. The predicted octanol–water partition coefficient (Wildman–Crippen LogP) is 1.39. The highest BCUT2D eigenvalue weighted by Crippen LogP contribution is 2.24. The Kier molecular flexibility index (Phi) is 2.49. The van der Waals surface area contributed by atoms with Crippen molar-refractivity contribution < 1.29 is 14.3 Å². The number of rotatable bonds is 3. The van der Waals surface area contributed by atoms with Gasteiger partial charge < -0.3 is 19.6 Å². The van der Waals surface area contributed by atoms with E-state index in [0.29, 0.717) is 26.2 Å². The zero-order chi connectivity index (χ0) is 11.7. The van der Waals surface area contributed by atoms with Crippen LogP contribution in [0.15, 0.2) is 29.0 Å². The monoisotopic (exact) mass is 234 g/mol. The summed E-state index contributed by atoms with van der Waals surface area (Å²) in [5.41, 5.74) is 0.00489. The maximum absolute atomic E-state index is 10.1. The number of anilines is 1. The highest BCUT2D eigenvalue weighted by Gasteiger charge is 2.32. The summed E-state index contributed by atoms with van der Waals surface area (Å²) in [5, 5.41) is 14.2. The molecule has 1 unspecified atom stereocenters. The molecule has 1 aliphatic rings. The van der Waals surface area contributed by atoms with Gasteiger partial charge in [0, 0.05) is 25.8 Å². The van der Waals surface area contributed by atoms with Crippen molar-refractivity contribution in [1.82, 2.24) is 4.98 Å². The third-order valence-electron chi connectivity index (χ3n) is 3.05. The maximum Gasteiger partial charge on any atom is 0.139 e. The highest BCUT2D eigenvalue weighted by molar-refractivity contribution is 5.87. The first kappa shape index (κ1) is 10.6. The molecule has 1 atom stereocenters. The number of hydrogen-bond acceptors (Lipinski definition) is 5. The summed E-state index contributed by atoms with van der Waals surface area (Å²) < 4.78 is 10.5. The van der Waals surface area contributed by atoms with E-state index < -0.39 is 5.60 Å². The van der Waals surface area contributed by atoms with Gasteiger partial charge in [0.05, 0.1) is 18.3 Å². The average molecular weight is 234 g/mol. The van der Waals surface area contributed by atoms with Gasteiger partial charge in [-0.3, -0.25) is 0 Å². The second-order valence-corrected chi connectivity index (χ2v) is 4.37. The van der Waals surface area contributed by atoms with E-state index in [9.17, 15) is 5.11 Å². The Morgan fingerprint density at radius 3 is 3.24 bits per heavy atom. The Bertz CT molecular complexity index is 517. The number of aliphatic hydroxyl groups is 1. The molecule has 1 fully saturated rings. The Labute approximate surface area is 98.4 Å². The number of aromatic nitrogens is 1. The second kappa shape index (κ2) is 4.01. The van der Waals surface area contributed by atoms with Crippen molar-refractivity contribution in [2.24, 2.45) is 0 Å². The van der Waals surface area contributed by atoms with E-state index in [1.54, 1.807) is 12.5 Å². The lowest BCUT2D eigenvalue weighted by atomic mass is 10.0. The molecule has 0 radical (unpaired) electrons. The molecule has 2 N–H and O–H groups in total. The Morgan fingerprint density at radius 2 is 2.41 bits per heavy atom. The molecule has 0 bridgehead atoms. The molecule has 90 valence electrons. The first-order valence-corrected chi connectivity index (χ1v) is 5.63. The fraction of sp³-hybridized carbons (Fsp3) is 0.417. The first-order valence-electron chi connectivity index (χ1n) is 5.63. The molecule has 3 heterocycles. The normalized spacial score (nSPS) is 24.3. The van der Waals surface area contributed by atoms with Gasteiger partial charge >= 0.3 is 0 Å². The SMILES string of the molecule is OC1(CNc2nccc3occc23)CCOC1. The molecule has 0 spiro atoms. The lowest BCUT2D eigenvalue weighted by Gasteiger charge is -2.21. The van der Waals surface area contributed by atoms with Gasteiger partial charge in [0.15, 0.2) is 0 Å². The van der Waals surface area contributed by atoms with Crippen LogP contribution in [-0.4, -0.2) is 35.5 Å². The van der Waals surface area contributed by atoms with Crippen LogP contribution in [0, 0.1) is 0 Å². The summed E-state index contributed by atoms with van der Waals surface area (Å²) >= 11 is 0. The zero-order valence-electron chi connectivity index (χ0n) is 9.35. The van der Waals surface area contributed by atoms with E-state index in [-0.39, 0.29) is 0 Å². The fourth-order valence-electron chi connectivity index (χ4n) is 2.02. The highest BCUT2D eigenvalue weighted by atomic mass is 16.5. The predicted molar refractivity (Wildman–Crippen MR) is 62.9 cm³/mol. The van der Waals surface area contributed by atoms with Gasteiger partial charge in [-0.15, -0.1) is 0 Å². The van der Waals surface area contributed by atoms with Crippen LogP contribution in [0.25, 0.3) is 11.0 Å². The third kappa shape index (κ3) is 1.99. The largest absolute Gasteiger partial charge is 0.464 e. The summed E-state index contributed by atoms with van der Waals surface area (Å²) in [6, 6.07) is 3.67. The van der Waals surface area contributed by atoms with Gasteiger partial charge in [0.1, 0.15) is 17.0 Å². The van der Waals surface area contributed by atoms with E-state index in [4.69, 9.17) is 9.15 Å². The van der Waals surface area contributed by atoms with Crippen molar-refractivity contribution >= 4 is 16.8 Å². The topological polar surface area (TPSA) is 67.5 Å². The minimum Gasteiger partial charge on any atom is -0.464 e. The second-order valence-electron chi connectivity index (χ2n) is 4.37. The third-order valence-corrected chi connectivity index (χ3v) is 3.05. The fourth-order valence-corrected chi connectivity index (χ4v) is 2.02. The van der Waals surface area contributed by atoms with Crippen molar-refractivity contribution in [2.45, 2.75) is 12.0 Å². The molecule has 0 saturated carbocycles. The summed E-state index contributed by atoms with van der Waals surface area (Å²) in [6.45, 7) is 1.42. The van der Waals surface area contributed by atoms with Crippen LogP contribution < -0.4 is 5.32 Å². The zero-order valence-corrected chi connectivity index (χ0v) is 9.35. The van der Waals surface area contributed by atoms with Crippen molar-refractivity contribution in [1.29, 1.82) is 0 Å². The Morgan fingerprint density at radius 1 is 1.47 bits per heavy atom. The van der Waals surface area contributed by atoms with Crippen LogP contribution in [0.4, 0.5) is 5.82 Å². The number of hydrogen-bond donors (Lipinski definition) is 2. The van der Waals surface area contributed by atoms with Crippen molar-refractivity contribution in [2.75, 3.05) is 25.1 Å². The lowest BCUT2D eigenvalue weighted by Crippen LogP contribution is -2.37. The minimum atomic E-state index is -0.784. The average Bonchev–Trinajstić information content (AvgIpc) is 2.95. The Hall–Kier alpha value is -1.59. The quantitative estimate of drug-likeness (QED) is 0.840. The van der Waals surface area contributed by atoms with Crippen LogP contribution in [0.2, 0.25) is 0 Å². The molecule has 17 heavy (non-hydrogen) atoms. The van der Waals surface area contributed by atoms with Gasteiger partial charge in [-0.2, -0.15) is 0 Å². The number of nitrogens with one attached hydrogen (secondary N) is 1. The molecular weight excluding hydrogens is 220 g/mol. The van der Waals surface area contributed by atoms with Crippen LogP contribution in [-0.2, 0) is 4.74 Å². The number of pyridine rings is 1. The Balaban J connectivity index is 1.78. The molecule has 5 heteroatoms. The van der Waals surface area contributed by atoms with Crippen molar-refractivity contribution in [3.05, 3.63) is 24.6 Å². The van der Waals surface area contributed by atoms with E-state index in [1.807, 2.05) is 12.1 Å². The molecule has 2 aromatic rings. The van der Waals surface area contributed by atoms with Gasteiger partial charge in [-0.05, 0) is 12.1 Å². The molecular formula is C12H14N2O3. The standard InChI is InChI=1S/C12H14N2O3/c15-12(3-6-16-8-12)7-14-11-9-2-5-17-10(9)1-4-13-11/h1-2,4-5,15H,3,6-8H2,(H,13,14). The summed E-state index contributed by atoms with van der Waals surface area (Å²) in [7, 11) is 0. The first-order chi connectivity index (χ1) is 8.27. The van der Waals surface area contributed by atoms with Gasteiger partial charge in [0.2, 0.25) is 0 Å². The van der Waals surface area contributed by atoms with E-state index in [1.165, 1.54) is 0 Å². The number of ether oxygens (including phenoxy) is 1. The molecule has 0 aliphatic carbocycles. The van der Waals surface area contributed by atoms with Gasteiger partial charge in [-0.25, -0.2) is 4.98 Å². The van der Waals surface area contributed by atoms with Gasteiger partial charge in [0.25, 0.3) is 0 Å². The summed E-state index contributed by atoms with van der Waals surface area (Å²) in [4.78, 5) is 4.25. The number of nitrogens with zero attached hydrogens (tertiary/aromatic N) is 1. The molecule has 5 nitrogen and oxygen atoms in total. The lowest BCUT2D eigenvalue weighted by molar-refractivity contribution is 0.0381. The maximum atomic E-state index is 10.1. The van der Waals surface area contributed by atoms with Crippen LogP contribution >= 0.6 is 0 Å². The van der Waals surface area contributed by atoms with Crippen molar-refractivity contribution in [3.8, 4) is 0 Å². The van der Waals surface area contributed by atoms with Crippen LogP contribution in [0.3, 0.4) is 0 Å². The smallest absolute Gasteiger partial charge is 0.139 e. The summed E-state index contributed by atoms with van der Waals surface area (Å²) in [6.07, 6.45) is 3.97. The molecule has 1 saturated heterocycles. The molecule has 0 amide bonds. The number of fused-ring (bicyclic) bond motifs is 1.